The number of fused-ring (bicyclic) bond motifs is 5. The smallest absolute Gasteiger partial charge is 0.145 e. The lowest BCUT2D eigenvalue weighted by molar-refractivity contribution is 1.10. The van der Waals surface area contributed by atoms with E-state index in [9.17, 15) is 0 Å². The first-order valence-electron chi connectivity index (χ1n) is 19.2. The Morgan fingerprint density at radius 1 is 0.382 bits per heavy atom. The molecule has 0 bridgehead atoms. The maximum Gasteiger partial charge on any atom is 0.145 e. The molecule has 0 radical (unpaired) electrons. The largest absolute Gasteiger partial charge is 0.292 e. The molecule has 0 spiro atoms. The van der Waals surface area contributed by atoms with Gasteiger partial charge in [-0.2, -0.15) is 0 Å². The highest BCUT2D eigenvalue weighted by Gasteiger charge is 2.19. The van der Waals surface area contributed by atoms with E-state index < -0.39 is 0 Å². The second-order valence-corrected chi connectivity index (χ2v) is 14.6. The Kier molecular flexibility index (Phi) is 7.34. The molecule has 2 nitrogen and oxygen atoms in total. The molecular formula is C53H36N2. The van der Waals surface area contributed by atoms with Gasteiger partial charge in [0.25, 0.3) is 0 Å². The van der Waals surface area contributed by atoms with Gasteiger partial charge in [-0.15, -0.1) is 0 Å². The zero-order valence-electron chi connectivity index (χ0n) is 30.3. The van der Waals surface area contributed by atoms with Crippen LogP contribution in [0, 0.1) is 0 Å². The highest BCUT2D eigenvalue weighted by molar-refractivity contribution is 6.09. The van der Waals surface area contributed by atoms with Crippen LogP contribution in [0.1, 0.15) is 12.8 Å². The summed E-state index contributed by atoms with van der Waals surface area (Å²) in [6.07, 6.45) is 7.02. The van der Waals surface area contributed by atoms with Crippen LogP contribution in [0.4, 0.5) is 0 Å². The van der Waals surface area contributed by atoms with E-state index in [0.717, 1.165) is 41.0 Å². The monoisotopic (exact) mass is 700 g/mol. The lowest BCUT2D eigenvalue weighted by atomic mass is 9.84. The van der Waals surface area contributed by atoms with Crippen LogP contribution in [0.25, 0.3) is 106 Å². The minimum atomic E-state index is 0.939. The molecule has 0 atom stereocenters. The first-order chi connectivity index (χ1) is 27.3. The highest BCUT2D eigenvalue weighted by atomic mass is 15.1. The summed E-state index contributed by atoms with van der Waals surface area (Å²) < 4.78 is 2.27. The molecule has 0 aliphatic heterocycles. The Labute approximate surface area is 319 Å². The summed E-state index contributed by atoms with van der Waals surface area (Å²) in [5, 5.41) is 10.3. The number of imidazole rings is 1. The van der Waals surface area contributed by atoms with Gasteiger partial charge in [0.05, 0.1) is 11.0 Å². The summed E-state index contributed by atoms with van der Waals surface area (Å²) >= 11 is 0. The molecule has 10 aromatic rings. The molecule has 2 heteroatoms. The summed E-state index contributed by atoms with van der Waals surface area (Å²) in [5.41, 5.74) is 11.8. The first-order valence-corrected chi connectivity index (χ1v) is 19.2. The van der Waals surface area contributed by atoms with Crippen molar-refractivity contribution in [3.05, 3.63) is 192 Å². The van der Waals surface area contributed by atoms with Crippen molar-refractivity contribution in [2.45, 2.75) is 12.8 Å². The van der Waals surface area contributed by atoms with Crippen molar-refractivity contribution >= 4 is 55.5 Å². The number of rotatable bonds is 5. The van der Waals surface area contributed by atoms with Gasteiger partial charge in [-0.05, 0) is 131 Å². The van der Waals surface area contributed by atoms with Gasteiger partial charge in [0.1, 0.15) is 5.82 Å². The Bertz CT molecular complexity index is 3240. The molecule has 0 saturated heterocycles. The second-order valence-electron chi connectivity index (χ2n) is 14.6. The Hall–Kier alpha value is -7.03. The molecule has 11 rings (SSSR count). The molecule has 1 aromatic heterocycles. The summed E-state index contributed by atoms with van der Waals surface area (Å²) in [7, 11) is 0. The van der Waals surface area contributed by atoms with Crippen LogP contribution < -0.4 is 10.4 Å². The van der Waals surface area contributed by atoms with E-state index in [2.05, 4.69) is 199 Å². The van der Waals surface area contributed by atoms with Crippen LogP contribution >= 0.6 is 0 Å². The fraction of sp³-hybridized carbons (Fsp3) is 0.0377. The van der Waals surface area contributed by atoms with Crippen molar-refractivity contribution in [2.24, 2.45) is 0 Å². The Balaban J connectivity index is 1.12. The number of benzene rings is 9. The molecule has 258 valence electrons. The fourth-order valence-electron chi connectivity index (χ4n) is 8.77. The number of hydrogen-bond acceptors (Lipinski definition) is 1. The molecule has 9 aromatic carbocycles. The Morgan fingerprint density at radius 3 is 1.58 bits per heavy atom. The lowest BCUT2D eigenvalue weighted by Gasteiger charge is -2.19. The standard InChI is InChI=1S/C53H36N2/c1-2-16-44(17-3-1)55-50-21-11-10-20-49(50)54-53(55)38-26-22-37(23-27-38)41-30-31-47-48(34-41)52(43-29-25-36-13-5-7-15-40(36)33-43)46-19-9-8-18-45(46)51(47)42-28-24-35-12-4-6-14-39(35)32-42/h1-7,10-34H,8-9H2. The minimum absolute atomic E-state index is 0.939. The van der Waals surface area contributed by atoms with E-state index in [1.807, 2.05) is 0 Å². The molecule has 1 aliphatic carbocycles. The first kappa shape index (κ1) is 31.5. The minimum Gasteiger partial charge on any atom is -0.292 e. The van der Waals surface area contributed by atoms with Gasteiger partial charge in [0.2, 0.25) is 0 Å². The SMILES string of the molecule is C1=c2c(-c3ccc4ccccc4c3)c3ccc(-c4ccc(-c5nc6ccccc6n5-c5ccccc5)cc4)cc3c(-c3ccc4ccccc4c3)c2=CCC1. The molecule has 55 heavy (non-hydrogen) atoms. The van der Waals surface area contributed by atoms with Crippen LogP contribution in [0.5, 0.6) is 0 Å². The molecule has 0 unspecified atom stereocenters. The van der Waals surface area contributed by atoms with E-state index >= 15 is 0 Å². The third-order valence-corrected chi connectivity index (χ3v) is 11.4. The quantitative estimate of drug-likeness (QED) is 0.175. The zero-order chi connectivity index (χ0) is 36.3. The average molecular weight is 701 g/mol. The average Bonchev–Trinajstić information content (AvgIpc) is 3.65. The third-order valence-electron chi connectivity index (χ3n) is 11.4. The number of hydrogen-bond donors (Lipinski definition) is 0. The van der Waals surface area contributed by atoms with Crippen molar-refractivity contribution in [2.75, 3.05) is 0 Å². The van der Waals surface area contributed by atoms with Crippen molar-refractivity contribution in [3.63, 3.8) is 0 Å². The summed E-state index contributed by atoms with van der Waals surface area (Å²) in [6.45, 7) is 0. The molecule has 0 fully saturated rings. The number of para-hydroxylation sites is 3. The van der Waals surface area contributed by atoms with Crippen molar-refractivity contribution in [1.29, 1.82) is 0 Å². The number of aromatic nitrogens is 2. The Morgan fingerprint density at radius 2 is 0.909 bits per heavy atom. The van der Waals surface area contributed by atoms with E-state index in [4.69, 9.17) is 4.98 Å². The maximum absolute atomic E-state index is 5.12. The predicted octanol–water partition coefficient (Wildman–Crippen LogP) is 12.5. The van der Waals surface area contributed by atoms with E-state index in [1.54, 1.807) is 0 Å². The molecular weight excluding hydrogens is 665 g/mol. The van der Waals surface area contributed by atoms with Gasteiger partial charge in [0, 0.05) is 11.3 Å². The zero-order valence-corrected chi connectivity index (χ0v) is 30.3. The van der Waals surface area contributed by atoms with Gasteiger partial charge in [-0.1, -0.05) is 152 Å². The van der Waals surface area contributed by atoms with Gasteiger partial charge in [-0.25, -0.2) is 4.98 Å². The van der Waals surface area contributed by atoms with Crippen molar-refractivity contribution in [3.8, 4) is 50.5 Å². The lowest BCUT2D eigenvalue weighted by Crippen LogP contribution is -2.31. The van der Waals surface area contributed by atoms with Crippen molar-refractivity contribution < 1.29 is 0 Å². The van der Waals surface area contributed by atoms with Gasteiger partial charge in [-0.3, -0.25) is 4.57 Å². The van der Waals surface area contributed by atoms with E-state index in [1.165, 1.54) is 76.1 Å². The van der Waals surface area contributed by atoms with Gasteiger partial charge in [0.15, 0.2) is 0 Å². The van der Waals surface area contributed by atoms with E-state index in [-0.39, 0.29) is 0 Å². The van der Waals surface area contributed by atoms with E-state index in [0.29, 0.717) is 0 Å². The molecule has 0 saturated carbocycles. The summed E-state index contributed by atoms with van der Waals surface area (Å²) in [6, 6.07) is 66.3. The molecule has 0 amide bonds. The number of nitrogens with zero attached hydrogens (tertiary/aromatic N) is 2. The van der Waals surface area contributed by atoms with Crippen LogP contribution in [0.2, 0.25) is 0 Å². The topological polar surface area (TPSA) is 17.8 Å². The third kappa shape index (κ3) is 5.29. The van der Waals surface area contributed by atoms with Gasteiger partial charge >= 0.3 is 0 Å². The maximum atomic E-state index is 5.12. The highest BCUT2D eigenvalue weighted by Crippen LogP contribution is 2.37. The van der Waals surface area contributed by atoms with Crippen molar-refractivity contribution in [1.82, 2.24) is 9.55 Å². The molecule has 0 N–H and O–H groups in total. The summed E-state index contributed by atoms with van der Waals surface area (Å²) in [4.78, 5) is 5.12. The van der Waals surface area contributed by atoms with Crippen LogP contribution in [-0.4, -0.2) is 9.55 Å². The predicted molar refractivity (Wildman–Crippen MR) is 233 cm³/mol. The summed E-state index contributed by atoms with van der Waals surface area (Å²) in [5.74, 6) is 0.939. The van der Waals surface area contributed by atoms with Crippen LogP contribution in [0.3, 0.4) is 0 Å². The molecule has 1 aliphatic rings. The second kappa shape index (κ2) is 12.8. The normalized spacial score (nSPS) is 12.5. The van der Waals surface area contributed by atoms with Crippen LogP contribution in [0.15, 0.2) is 182 Å². The van der Waals surface area contributed by atoms with Crippen LogP contribution in [-0.2, 0) is 0 Å². The fourth-order valence-corrected chi connectivity index (χ4v) is 8.77. The molecule has 1 heterocycles. The van der Waals surface area contributed by atoms with Gasteiger partial charge < -0.3 is 0 Å².